The first-order valence-electron chi connectivity index (χ1n) is 6.15. The van der Waals surface area contributed by atoms with Crippen LogP contribution >= 0.6 is 0 Å². The Bertz CT molecular complexity index is 352. The Morgan fingerprint density at radius 1 is 1.41 bits per heavy atom. The highest BCUT2D eigenvalue weighted by Crippen LogP contribution is 2.20. The highest BCUT2D eigenvalue weighted by molar-refractivity contribution is 7.89. The maximum Gasteiger partial charge on any atom is 0.310 e. The van der Waals surface area contributed by atoms with E-state index in [2.05, 4.69) is 0 Å². The highest BCUT2D eigenvalue weighted by Gasteiger charge is 2.32. The molecule has 0 aromatic carbocycles. The van der Waals surface area contributed by atoms with Gasteiger partial charge in [-0.1, -0.05) is 6.92 Å². The zero-order chi connectivity index (χ0) is 12.9. The van der Waals surface area contributed by atoms with Gasteiger partial charge in [0.1, 0.15) is 0 Å². The molecule has 0 amide bonds. The van der Waals surface area contributed by atoms with Gasteiger partial charge in [0.05, 0.1) is 18.3 Å². The van der Waals surface area contributed by atoms with Crippen LogP contribution in [0.15, 0.2) is 0 Å². The van der Waals surface area contributed by atoms with Crippen molar-refractivity contribution in [2.24, 2.45) is 5.92 Å². The van der Waals surface area contributed by atoms with Crippen LogP contribution in [0.4, 0.5) is 0 Å². The van der Waals surface area contributed by atoms with E-state index in [1.165, 1.54) is 4.31 Å². The fourth-order valence-corrected chi connectivity index (χ4v) is 3.62. The van der Waals surface area contributed by atoms with Gasteiger partial charge in [0.2, 0.25) is 10.0 Å². The summed E-state index contributed by atoms with van der Waals surface area (Å²) in [7, 11) is -3.19. The first-order chi connectivity index (χ1) is 8.01. The summed E-state index contributed by atoms with van der Waals surface area (Å²) in [5.41, 5.74) is 0. The Labute approximate surface area is 103 Å². The number of piperidine rings is 1. The van der Waals surface area contributed by atoms with Crippen LogP contribution in [0, 0.1) is 5.92 Å². The molecule has 1 aliphatic rings. The smallest absolute Gasteiger partial charge is 0.310 e. The number of sulfonamides is 1. The van der Waals surface area contributed by atoms with E-state index in [0.717, 1.165) is 12.8 Å². The molecule has 0 saturated carbocycles. The molecular formula is C11H21NO4S. The number of esters is 1. The van der Waals surface area contributed by atoms with E-state index in [1.54, 1.807) is 6.92 Å². The molecule has 0 aliphatic carbocycles. The highest BCUT2D eigenvalue weighted by atomic mass is 32.2. The Morgan fingerprint density at radius 2 is 2.12 bits per heavy atom. The molecule has 0 radical (unpaired) electrons. The second-order valence-electron chi connectivity index (χ2n) is 4.27. The Kier molecular flexibility index (Phi) is 5.39. The Morgan fingerprint density at radius 3 is 2.71 bits per heavy atom. The van der Waals surface area contributed by atoms with Crippen molar-refractivity contribution in [2.45, 2.75) is 33.1 Å². The molecule has 1 fully saturated rings. The standard InChI is InChI=1S/C11H21NO4S/c1-3-8-17(14,15)12-7-5-6-10(9-12)11(13)16-4-2/h10H,3-9H2,1-2H3/t10-/m0/s1. The second-order valence-corrected chi connectivity index (χ2v) is 6.35. The van der Waals surface area contributed by atoms with E-state index < -0.39 is 10.0 Å². The zero-order valence-corrected chi connectivity index (χ0v) is 11.3. The summed E-state index contributed by atoms with van der Waals surface area (Å²) < 4.78 is 30.1. The van der Waals surface area contributed by atoms with Gasteiger partial charge >= 0.3 is 5.97 Å². The minimum absolute atomic E-state index is 0.155. The van der Waals surface area contributed by atoms with Gasteiger partial charge < -0.3 is 4.74 Å². The average Bonchev–Trinajstić information content (AvgIpc) is 2.29. The molecule has 0 unspecified atom stereocenters. The van der Waals surface area contributed by atoms with Gasteiger partial charge in [0, 0.05) is 13.1 Å². The molecule has 0 bridgehead atoms. The molecule has 1 heterocycles. The van der Waals surface area contributed by atoms with Crippen molar-refractivity contribution in [3.05, 3.63) is 0 Å². The van der Waals surface area contributed by atoms with Crippen molar-refractivity contribution in [2.75, 3.05) is 25.4 Å². The summed E-state index contributed by atoms with van der Waals surface area (Å²) in [6, 6.07) is 0. The van der Waals surface area contributed by atoms with Crippen LogP contribution in [0.5, 0.6) is 0 Å². The van der Waals surface area contributed by atoms with Crippen molar-refractivity contribution in [1.82, 2.24) is 4.31 Å². The number of hydrogen-bond donors (Lipinski definition) is 0. The molecule has 5 nitrogen and oxygen atoms in total. The summed E-state index contributed by atoms with van der Waals surface area (Å²) in [5, 5.41) is 0. The van der Waals surface area contributed by atoms with Crippen LogP contribution in [0.25, 0.3) is 0 Å². The van der Waals surface area contributed by atoms with E-state index in [4.69, 9.17) is 4.74 Å². The predicted octanol–water partition coefficient (Wildman–Crippen LogP) is 1.00. The average molecular weight is 263 g/mol. The lowest BCUT2D eigenvalue weighted by molar-refractivity contribution is -0.149. The predicted molar refractivity (Wildman–Crippen MR) is 65.0 cm³/mol. The van der Waals surface area contributed by atoms with Crippen LogP contribution < -0.4 is 0 Å². The monoisotopic (exact) mass is 263 g/mol. The second kappa shape index (κ2) is 6.35. The van der Waals surface area contributed by atoms with Crippen molar-refractivity contribution >= 4 is 16.0 Å². The molecule has 0 spiro atoms. The Balaban J connectivity index is 2.63. The minimum atomic E-state index is -3.19. The molecule has 100 valence electrons. The minimum Gasteiger partial charge on any atom is -0.466 e. The molecule has 17 heavy (non-hydrogen) atoms. The summed E-state index contributed by atoms with van der Waals surface area (Å²) in [6.07, 6.45) is 2.05. The summed E-state index contributed by atoms with van der Waals surface area (Å²) >= 11 is 0. The maximum atomic E-state index is 11.9. The van der Waals surface area contributed by atoms with Crippen LogP contribution in [0.1, 0.15) is 33.1 Å². The number of ether oxygens (including phenoxy) is 1. The molecule has 0 aromatic heterocycles. The third-order valence-electron chi connectivity index (χ3n) is 2.86. The van der Waals surface area contributed by atoms with E-state index in [-0.39, 0.29) is 24.2 Å². The summed E-state index contributed by atoms with van der Waals surface area (Å²) in [4.78, 5) is 11.6. The van der Waals surface area contributed by atoms with E-state index >= 15 is 0 Å². The van der Waals surface area contributed by atoms with Gasteiger partial charge in [0.25, 0.3) is 0 Å². The Hall–Kier alpha value is -0.620. The molecule has 6 heteroatoms. The van der Waals surface area contributed by atoms with Gasteiger partial charge in [-0.05, 0) is 26.2 Å². The number of nitrogens with zero attached hydrogens (tertiary/aromatic N) is 1. The zero-order valence-electron chi connectivity index (χ0n) is 10.5. The van der Waals surface area contributed by atoms with Crippen LogP contribution in [-0.2, 0) is 19.6 Å². The van der Waals surface area contributed by atoms with Crippen LogP contribution in [0.3, 0.4) is 0 Å². The van der Waals surface area contributed by atoms with E-state index in [9.17, 15) is 13.2 Å². The van der Waals surface area contributed by atoms with Crippen molar-refractivity contribution in [3.63, 3.8) is 0 Å². The van der Waals surface area contributed by atoms with Gasteiger partial charge in [0.15, 0.2) is 0 Å². The van der Waals surface area contributed by atoms with Crippen molar-refractivity contribution in [1.29, 1.82) is 0 Å². The number of carbonyl (C=O) groups is 1. The van der Waals surface area contributed by atoms with Crippen molar-refractivity contribution < 1.29 is 17.9 Å². The first-order valence-corrected chi connectivity index (χ1v) is 7.76. The third-order valence-corrected chi connectivity index (χ3v) is 4.90. The van der Waals surface area contributed by atoms with Gasteiger partial charge in [-0.25, -0.2) is 12.7 Å². The SMILES string of the molecule is CCCS(=O)(=O)N1CCC[C@H](C(=O)OCC)C1. The van der Waals surface area contributed by atoms with Crippen LogP contribution in [-0.4, -0.2) is 44.1 Å². The summed E-state index contributed by atoms with van der Waals surface area (Å²) in [5.74, 6) is -0.415. The third kappa shape index (κ3) is 3.96. The van der Waals surface area contributed by atoms with E-state index in [0.29, 0.717) is 19.6 Å². The molecule has 1 aliphatic heterocycles. The lowest BCUT2D eigenvalue weighted by Crippen LogP contribution is -2.43. The molecule has 0 N–H and O–H groups in total. The molecule has 0 aromatic rings. The lowest BCUT2D eigenvalue weighted by atomic mass is 10.0. The maximum absolute atomic E-state index is 11.9. The summed E-state index contributed by atoms with van der Waals surface area (Å²) in [6.45, 7) is 4.74. The van der Waals surface area contributed by atoms with Gasteiger partial charge in [-0.2, -0.15) is 0 Å². The van der Waals surface area contributed by atoms with Crippen LogP contribution in [0.2, 0.25) is 0 Å². The van der Waals surface area contributed by atoms with Crippen molar-refractivity contribution in [3.8, 4) is 0 Å². The fraction of sp³-hybridized carbons (Fsp3) is 0.909. The first kappa shape index (κ1) is 14.4. The normalized spacial score (nSPS) is 22.4. The molecular weight excluding hydrogens is 242 g/mol. The molecule has 1 saturated heterocycles. The van der Waals surface area contributed by atoms with E-state index in [1.807, 2.05) is 6.92 Å². The fourth-order valence-electron chi connectivity index (χ4n) is 2.03. The molecule has 1 rings (SSSR count). The molecule has 1 atom stereocenters. The quantitative estimate of drug-likeness (QED) is 0.694. The topological polar surface area (TPSA) is 63.7 Å². The number of rotatable bonds is 5. The lowest BCUT2D eigenvalue weighted by Gasteiger charge is -2.30. The largest absolute Gasteiger partial charge is 0.466 e. The number of hydrogen-bond acceptors (Lipinski definition) is 4. The van der Waals surface area contributed by atoms with Gasteiger partial charge in [-0.15, -0.1) is 0 Å². The number of carbonyl (C=O) groups excluding carboxylic acids is 1. The van der Waals surface area contributed by atoms with Gasteiger partial charge in [-0.3, -0.25) is 4.79 Å².